The summed E-state index contributed by atoms with van der Waals surface area (Å²) in [5, 5.41) is 0. The van der Waals surface area contributed by atoms with E-state index in [2.05, 4.69) is 15.9 Å². The fraction of sp³-hybridized carbons (Fsp3) is 0.143. The molecule has 16 heavy (non-hydrogen) atoms. The Morgan fingerprint density at radius 3 is 2.50 bits per heavy atom. The number of benzene rings is 1. The van der Waals surface area contributed by atoms with Gasteiger partial charge in [-0.2, -0.15) is 3.71 Å². The van der Waals surface area contributed by atoms with Crippen molar-refractivity contribution in [3.05, 3.63) is 22.7 Å². The Balaban J connectivity index is 3.44. The standard InChI is InChI=1S/C7H9BrN2O4S2/c1-16(13,14)10(15(11)12)7-4-5(9)2-3-6(7)8/h2-4H,9H2,1H3,(H,11,12)/p-1. The van der Waals surface area contributed by atoms with E-state index in [1.165, 1.54) is 18.2 Å². The summed E-state index contributed by atoms with van der Waals surface area (Å²) in [4.78, 5) is 0. The molecule has 1 rings (SSSR count). The van der Waals surface area contributed by atoms with Crippen molar-refractivity contribution in [2.45, 2.75) is 0 Å². The molecular formula is C7H8BrN2O4S2-. The third-order valence-electron chi connectivity index (χ3n) is 1.60. The number of nitrogen functional groups attached to an aromatic ring is 1. The minimum absolute atomic E-state index is 0.0455. The maximum atomic E-state index is 11.3. The highest BCUT2D eigenvalue weighted by molar-refractivity contribution is 9.10. The van der Waals surface area contributed by atoms with Crippen LogP contribution in [0.15, 0.2) is 22.7 Å². The molecule has 0 aliphatic carbocycles. The third-order valence-corrected chi connectivity index (χ3v) is 4.72. The Morgan fingerprint density at radius 2 is 2.06 bits per heavy atom. The molecule has 0 heterocycles. The third kappa shape index (κ3) is 2.94. The lowest BCUT2D eigenvalue weighted by Crippen LogP contribution is -2.31. The first-order valence-corrected chi connectivity index (χ1v) is 7.55. The second-order valence-electron chi connectivity index (χ2n) is 2.92. The van der Waals surface area contributed by atoms with Gasteiger partial charge in [0.05, 0.1) is 23.2 Å². The molecule has 90 valence electrons. The summed E-state index contributed by atoms with van der Waals surface area (Å²) in [5.74, 6) is 0. The number of sulfonamides is 1. The molecule has 0 fully saturated rings. The van der Waals surface area contributed by atoms with Crippen LogP contribution in [0.1, 0.15) is 0 Å². The van der Waals surface area contributed by atoms with Gasteiger partial charge in [0.1, 0.15) is 0 Å². The number of nitrogens with two attached hydrogens (primary N) is 1. The van der Waals surface area contributed by atoms with E-state index in [0.29, 0.717) is 4.47 Å². The van der Waals surface area contributed by atoms with E-state index in [0.717, 1.165) is 6.26 Å². The van der Waals surface area contributed by atoms with Gasteiger partial charge < -0.3 is 10.3 Å². The molecule has 0 amide bonds. The number of anilines is 2. The minimum Gasteiger partial charge on any atom is -0.754 e. The molecule has 0 saturated heterocycles. The van der Waals surface area contributed by atoms with E-state index >= 15 is 0 Å². The number of rotatable bonds is 3. The zero-order valence-corrected chi connectivity index (χ0v) is 11.3. The van der Waals surface area contributed by atoms with Crippen LogP contribution in [0.25, 0.3) is 0 Å². The molecule has 9 heteroatoms. The molecule has 0 spiro atoms. The Hall–Kier alpha value is -0.640. The molecule has 0 aromatic heterocycles. The lowest BCUT2D eigenvalue weighted by atomic mass is 10.3. The topological polar surface area (TPSA) is 104 Å². The first kappa shape index (κ1) is 13.4. The summed E-state index contributed by atoms with van der Waals surface area (Å²) in [5.41, 5.74) is 5.68. The van der Waals surface area contributed by atoms with Gasteiger partial charge in [-0.3, -0.25) is 4.21 Å². The molecule has 6 nitrogen and oxygen atoms in total. The lowest BCUT2D eigenvalue weighted by Gasteiger charge is -2.24. The van der Waals surface area contributed by atoms with Gasteiger partial charge in [-0.05, 0) is 34.1 Å². The predicted octanol–water partition coefficient (Wildman–Crippen LogP) is 0.591. The van der Waals surface area contributed by atoms with Gasteiger partial charge in [-0.25, -0.2) is 8.42 Å². The zero-order valence-electron chi connectivity index (χ0n) is 8.08. The SMILES string of the molecule is CS(=O)(=O)N(c1cc(N)ccc1Br)S(=O)[O-]. The summed E-state index contributed by atoms with van der Waals surface area (Å²) in [6.07, 6.45) is 0.790. The van der Waals surface area contributed by atoms with Crippen molar-refractivity contribution >= 4 is 48.6 Å². The van der Waals surface area contributed by atoms with E-state index in [4.69, 9.17) is 5.73 Å². The average molecular weight is 328 g/mol. The van der Waals surface area contributed by atoms with Gasteiger partial charge in [0.2, 0.25) is 10.0 Å². The zero-order chi connectivity index (χ0) is 12.5. The fourth-order valence-corrected chi connectivity index (χ4v) is 3.40. The van der Waals surface area contributed by atoms with E-state index in [1.807, 2.05) is 0 Å². The first-order chi connectivity index (χ1) is 7.23. The second kappa shape index (κ2) is 4.70. The Morgan fingerprint density at radius 1 is 1.50 bits per heavy atom. The molecule has 1 atom stereocenters. The van der Waals surface area contributed by atoms with Gasteiger partial charge in [-0.15, -0.1) is 0 Å². The van der Waals surface area contributed by atoms with Crippen molar-refractivity contribution in [2.75, 3.05) is 15.7 Å². The van der Waals surface area contributed by atoms with Crippen LogP contribution < -0.4 is 9.44 Å². The molecule has 0 bridgehead atoms. The van der Waals surface area contributed by atoms with Gasteiger partial charge in [0.15, 0.2) is 0 Å². The predicted molar refractivity (Wildman–Crippen MR) is 64.8 cm³/mol. The first-order valence-electron chi connectivity index (χ1n) is 3.88. The van der Waals surface area contributed by atoms with Crippen LogP contribution in [0, 0.1) is 0 Å². The quantitative estimate of drug-likeness (QED) is 0.646. The number of hydrogen-bond acceptors (Lipinski definition) is 5. The Bertz CT molecular complexity index is 531. The molecule has 0 radical (unpaired) electrons. The maximum absolute atomic E-state index is 11.3. The van der Waals surface area contributed by atoms with Crippen LogP contribution in [-0.2, 0) is 21.3 Å². The van der Waals surface area contributed by atoms with Crippen molar-refractivity contribution in [1.82, 2.24) is 0 Å². The van der Waals surface area contributed by atoms with Crippen molar-refractivity contribution in [3.8, 4) is 0 Å². The van der Waals surface area contributed by atoms with Crippen LogP contribution in [-0.4, -0.2) is 23.4 Å². The van der Waals surface area contributed by atoms with Crippen LogP contribution >= 0.6 is 15.9 Å². The lowest BCUT2D eigenvalue weighted by molar-refractivity contribution is 0.536. The van der Waals surface area contributed by atoms with E-state index in [1.54, 1.807) is 0 Å². The number of halogens is 1. The number of nitrogens with zero attached hydrogens (tertiary/aromatic N) is 1. The Kier molecular flexibility index (Phi) is 3.94. The smallest absolute Gasteiger partial charge is 0.242 e. The summed E-state index contributed by atoms with van der Waals surface area (Å²) in [6.45, 7) is 0. The molecule has 0 saturated carbocycles. The second-order valence-corrected chi connectivity index (χ2v) is 6.63. The van der Waals surface area contributed by atoms with Crippen molar-refractivity contribution in [3.63, 3.8) is 0 Å². The highest BCUT2D eigenvalue weighted by Gasteiger charge is 2.21. The van der Waals surface area contributed by atoms with E-state index in [9.17, 15) is 17.2 Å². The summed E-state index contributed by atoms with van der Waals surface area (Å²) < 4.78 is 45.0. The Labute approximate surface area is 104 Å². The monoisotopic (exact) mass is 327 g/mol. The molecule has 0 aliphatic heterocycles. The molecule has 2 N–H and O–H groups in total. The summed E-state index contributed by atoms with van der Waals surface area (Å²) >= 11 is 0.124. The van der Waals surface area contributed by atoms with E-state index in [-0.39, 0.29) is 15.1 Å². The van der Waals surface area contributed by atoms with Crippen molar-refractivity contribution < 1.29 is 17.2 Å². The minimum atomic E-state index is -3.92. The van der Waals surface area contributed by atoms with Crippen LogP contribution in [0.5, 0.6) is 0 Å². The summed E-state index contributed by atoms with van der Waals surface area (Å²) in [6, 6.07) is 4.23. The van der Waals surface area contributed by atoms with Crippen molar-refractivity contribution in [1.29, 1.82) is 0 Å². The molecule has 1 aromatic rings. The van der Waals surface area contributed by atoms with E-state index < -0.39 is 21.3 Å². The highest BCUT2D eigenvalue weighted by Crippen LogP contribution is 2.30. The normalized spacial score (nSPS) is 13.4. The summed E-state index contributed by atoms with van der Waals surface area (Å²) in [7, 11) is -3.92. The molecule has 0 aliphatic rings. The van der Waals surface area contributed by atoms with Gasteiger partial charge in [-0.1, -0.05) is 0 Å². The largest absolute Gasteiger partial charge is 0.754 e. The maximum Gasteiger partial charge on any atom is 0.242 e. The van der Waals surface area contributed by atoms with Gasteiger partial charge in [0, 0.05) is 10.2 Å². The highest BCUT2D eigenvalue weighted by atomic mass is 79.9. The molecule has 1 aromatic carbocycles. The molecular weight excluding hydrogens is 320 g/mol. The van der Waals surface area contributed by atoms with Gasteiger partial charge >= 0.3 is 0 Å². The van der Waals surface area contributed by atoms with Crippen LogP contribution in [0.4, 0.5) is 11.4 Å². The fourth-order valence-electron chi connectivity index (χ4n) is 1.04. The van der Waals surface area contributed by atoms with Crippen molar-refractivity contribution in [2.24, 2.45) is 0 Å². The average Bonchev–Trinajstić information content (AvgIpc) is 2.08. The van der Waals surface area contributed by atoms with Crippen LogP contribution in [0.2, 0.25) is 0 Å². The molecule has 1 unspecified atom stereocenters. The van der Waals surface area contributed by atoms with Gasteiger partial charge in [0.25, 0.3) is 0 Å². The number of hydrogen-bond donors (Lipinski definition) is 1. The van der Waals surface area contributed by atoms with Crippen LogP contribution in [0.3, 0.4) is 0 Å².